The standard InChI is InChI=1S/C12H20N4O2/c1-13-11-14-6-3-10(15-11)16(2)9-12(17)4-7-18-8-5-12/h3,6,17H,4-5,7-9H2,1-2H3,(H,13,14,15). The average molecular weight is 252 g/mol. The van der Waals surface area contributed by atoms with Gasteiger partial charge in [0.1, 0.15) is 5.82 Å². The number of aromatic nitrogens is 2. The fourth-order valence-electron chi connectivity index (χ4n) is 2.11. The highest BCUT2D eigenvalue weighted by Gasteiger charge is 2.31. The van der Waals surface area contributed by atoms with Crippen LogP contribution in [0.5, 0.6) is 0 Å². The van der Waals surface area contributed by atoms with Crippen molar-refractivity contribution >= 4 is 11.8 Å². The molecule has 1 aromatic rings. The first-order valence-electron chi connectivity index (χ1n) is 6.15. The number of hydrogen-bond acceptors (Lipinski definition) is 6. The van der Waals surface area contributed by atoms with Gasteiger partial charge in [-0.25, -0.2) is 4.98 Å². The molecule has 0 aliphatic carbocycles. The first-order chi connectivity index (χ1) is 8.63. The van der Waals surface area contributed by atoms with Gasteiger partial charge in [-0.3, -0.25) is 0 Å². The number of aliphatic hydroxyl groups is 1. The van der Waals surface area contributed by atoms with Crippen molar-refractivity contribution < 1.29 is 9.84 Å². The molecule has 1 aromatic heterocycles. The quantitative estimate of drug-likeness (QED) is 0.813. The summed E-state index contributed by atoms with van der Waals surface area (Å²) in [6, 6.07) is 1.84. The van der Waals surface area contributed by atoms with E-state index in [1.54, 1.807) is 13.2 Å². The minimum absolute atomic E-state index is 0.552. The van der Waals surface area contributed by atoms with Crippen LogP contribution in [0, 0.1) is 0 Å². The second-order valence-corrected chi connectivity index (χ2v) is 4.68. The van der Waals surface area contributed by atoms with Crippen molar-refractivity contribution in [2.45, 2.75) is 18.4 Å². The number of ether oxygens (including phenoxy) is 1. The van der Waals surface area contributed by atoms with Crippen LogP contribution < -0.4 is 10.2 Å². The van der Waals surface area contributed by atoms with Gasteiger partial charge in [0.15, 0.2) is 0 Å². The van der Waals surface area contributed by atoms with Crippen LogP contribution in [0.1, 0.15) is 12.8 Å². The molecule has 1 saturated heterocycles. The van der Waals surface area contributed by atoms with Gasteiger partial charge in [-0.1, -0.05) is 0 Å². The Morgan fingerprint density at radius 3 is 2.89 bits per heavy atom. The normalized spacial score (nSPS) is 18.4. The lowest BCUT2D eigenvalue weighted by atomic mass is 9.94. The fourth-order valence-corrected chi connectivity index (χ4v) is 2.11. The highest BCUT2D eigenvalue weighted by molar-refractivity contribution is 5.41. The molecule has 0 radical (unpaired) electrons. The summed E-state index contributed by atoms with van der Waals surface area (Å²) < 4.78 is 5.27. The zero-order valence-electron chi connectivity index (χ0n) is 10.9. The van der Waals surface area contributed by atoms with Gasteiger partial charge < -0.3 is 20.1 Å². The highest BCUT2D eigenvalue weighted by atomic mass is 16.5. The minimum atomic E-state index is -0.683. The van der Waals surface area contributed by atoms with Gasteiger partial charge in [-0.2, -0.15) is 4.98 Å². The van der Waals surface area contributed by atoms with E-state index >= 15 is 0 Å². The number of rotatable bonds is 4. The predicted molar refractivity (Wildman–Crippen MR) is 69.9 cm³/mol. The molecule has 1 aliphatic rings. The minimum Gasteiger partial charge on any atom is -0.388 e. The molecule has 0 aromatic carbocycles. The number of anilines is 2. The average Bonchev–Trinajstić information content (AvgIpc) is 2.39. The van der Waals surface area contributed by atoms with E-state index in [0.29, 0.717) is 38.5 Å². The van der Waals surface area contributed by atoms with E-state index in [1.807, 2.05) is 18.0 Å². The third kappa shape index (κ3) is 3.08. The van der Waals surface area contributed by atoms with Crippen LogP contribution in [0.2, 0.25) is 0 Å². The van der Waals surface area contributed by atoms with Gasteiger partial charge in [0.2, 0.25) is 5.95 Å². The van der Waals surface area contributed by atoms with Crippen molar-refractivity contribution in [3.63, 3.8) is 0 Å². The fraction of sp³-hybridized carbons (Fsp3) is 0.667. The highest BCUT2D eigenvalue weighted by Crippen LogP contribution is 2.23. The molecule has 1 fully saturated rings. The Hall–Kier alpha value is -1.40. The van der Waals surface area contributed by atoms with Crippen molar-refractivity contribution in [1.29, 1.82) is 0 Å². The van der Waals surface area contributed by atoms with Crippen molar-refractivity contribution in [2.75, 3.05) is 44.1 Å². The molecule has 0 atom stereocenters. The molecule has 1 aliphatic heterocycles. The summed E-state index contributed by atoms with van der Waals surface area (Å²) >= 11 is 0. The van der Waals surface area contributed by atoms with Crippen LogP contribution in [0.15, 0.2) is 12.3 Å². The molecular weight excluding hydrogens is 232 g/mol. The smallest absolute Gasteiger partial charge is 0.224 e. The zero-order chi connectivity index (χ0) is 13.0. The van der Waals surface area contributed by atoms with Gasteiger partial charge in [-0.05, 0) is 6.07 Å². The Labute approximate surface area is 107 Å². The third-order valence-electron chi connectivity index (χ3n) is 3.21. The molecule has 2 rings (SSSR count). The maximum atomic E-state index is 10.4. The molecule has 2 N–H and O–H groups in total. The van der Waals surface area contributed by atoms with E-state index in [1.165, 1.54) is 0 Å². The maximum Gasteiger partial charge on any atom is 0.224 e. The summed E-state index contributed by atoms with van der Waals surface area (Å²) in [5, 5.41) is 13.4. The lowest BCUT2D eigenvalue weighted by molar-refractivity contribution is -0.0573. The molecule has 0 unspecified atom stereocenters. The van der Waals surface area contributed by atoms with Crippen LogP contribution in [-0.4, -0.2) is 54.5 Å². The van der Waals surface area contributed by atoms with Gasteiger partial charge in [0, 0.05) is 52.9 Å². The van der Waals surface area contributed by atoms with Crippen molar-refractivity contribution in [2.24, 2.45) is 0 Å². The summed E-state index contributed by atoms with van der Waals surface area (Å²) in [7, 11) is 3.71. The second-order valence-electron chi connectivity index (χ2n) is 4.68. The van der Waals surface area contributed by atoms with Crippen LogP contribution in [0.25, 0.3) is 0 Å². The molecule has 2 heterocycles. The predicted octanol–water partition coefficient (Wildman–Crippen LogP) is 0.496. The SMILES string of the molecule is CNc1nccc(N(C)CC2(O)CCOCC2)n1. The number of hydrogen-bond donors (Lipinski definition) is 2. The lowest BCUT2D eigenvalue weighted by Gasteiger charge is -2.35. The largest absolute Gasteiger partial charge is 0.388 e. The molecule has 0 amide bonds. The van der Waals surface area contributed by atoms with Gasteiger partial charge in [0.25, 0.3) is 0 Å². The Morgan fingerprint density at radius 2 is 2.22 bits per heavy atom. The maximum absolute atomic E-state index is 10.4. The van der Waals surface area contributed by atoms with E-state index in [4.69, 9.17) is 4.74 Å². The van der Waals surface area contributed by atoms with Crippen LogP contribution >= 0.6 is 0 Å². The van der Waals surface area contributed by atoms with E-state index < -0.39 is 5.60 Å². The molecule has 0 saturated carbocycles. The van der Waals surface area contributed by atoms with E-state index in [-0.39, 0.29) is 0 Å². The summed E-state index contributed by atoms with van der Waals surface area (Å²) in [5.41, 5.74) is -0.683. The molecule has 6 nitrogen and oxygen atoms in total. The van der Waals surface area contributed by atoms with Crippen LogP contribution in [-0.2, 0) is 4.74 Å². The summed E-state index contributed by atoms with van der Waals surface area (Å²) in [4.78, 5) is 10.4. The molecule has 0 bridgehead atoms. The molecular formula is C12H20N4O2. The number of likely N-dealkylation sites (N-methyl/N-ethyl adjacent to an activating group) is 1. The van der Waals surface area contributed by atoms with Crippen molar-refractivity contribution in [1.82, 2.24) is 9.97 Å². The summed E-state index contributed by atoms with van der Waals surface area (Å²) in [5.74, 6) is 1.38. The Kier molecular flexibility index (Phi) is 3.98. The zero-order valence-corrected chi connectivity index (χ0v) is 10.9. The summed E-state index contributed by atoms with van der Waals surface area (Å²) in [6.07, 6.45) is 3.04. The van der Waals surface area contributed by atoms with E-state index in [0.717, 1.165) is 5.82 Å². The van der Waals surface area contributed by atoms with E-state index in [2.05, 4.69) is 15.3 Å². The number of nitrogens with one attached hydrogen (secondary N) is 1. The van der Waals surface area contributed by atoms with Gasteiger partial charge in [-0.15, -0.1) is 0 Å². The molecule has 100 valence electrons. The molecule has 0 spiro atoms. The van der Waals surface area contributed by atoms with Gasteiger partial charge in [0.05, 0.1) is 5.60 Å². The van der Waals surface area contributed by atoms with Crippen molar-refractivity contribution in [3.8, 4) is 0 Å². The first kappa shape index (κ1) is 13.0. The lowest BCUT2D eigenvalue weighted by Crippen LogP contribution is -2.46. The summed E-state index contributed by atoms with van der Waals surface area (Å²) in [6.45, 7) is 1.79. The topological polar surface area (TPSA) is 70.5 Å². The van der Waals surface area contributed by atoms with E-state index in [9.17, 15) is 5.11 Å². The second kappa shape index (κ2) is 5.49. The Balaban J connectivity index is 2.03. The molecule has 18 heavy (non-hydrogen) atoms. The Morgan fingerprint density at radius 1 is 1.50 bits per heavy atom. The van der Waals surface area contributed by atoms with Gasteiger partial charge >= 0.3 is 0 Å². The third-order valence-corrected chi connectivity index (χ3v) is 3.21. The first-order valence-corrected chi connectivity index (χ1v) is 6.15. The number of nitrogens with zero attached hydrogens (tertiary/aromatic N) is 3. The Bertz CT molecular complexity index is 393. The van der Waals surface area contributed by atoms with Crippen LogP contribution in [0.3, 0.4) is 0 Å². The molecule has 6 heteroatoms. The van der Waals surface area contributed by atoms with Crippen molar-refractivity contribution in [3.05, 3.63) is 12.3 Å². The van der Waals surface area contributed by atoms with Crippen LogP contribution in [0.4, 0.5) is 11.8 Å². The monoisotopic (exact) mass is 252 g/mol.